The molecule has 0 aromatic heterocycles. The van der Waals surface area contributed by atoms with Crippen molar-refractivity contribution < 1.29 is 27.4 Å². The highest BCUT2D eigenvalue weighted by Crippen LogP contribution is 2.35. The number of amides is 1. The molecule has 0 radical (unpaired) electrons. The first-order valence-corrected chi connectivity index (χ1v) is 8.54. The van der Waals surface area contributed by atoms with Crippen LogP contribution in [-0.2, 0) is 15.7 Å². The Hall–Kier alpha value is -1.80. The molecule has 26 heavy (non-hydrogen) atoms. The number of hydrogen-bond donors (Lipinski definition) is 1. The third-order valence-corrected chi connectivity index (χ3v) is 3.93. The van der Waals surface area contributed by atoms with Crippen LogP contribution in [0.4, 0.5) is 18.9 Å². The van der Waals surface area contributed by atoms with Gasteiger partial charge in [-0.05, 0) is 45.0 Å². The molecule has 5 nitrogen and oxygen atoms in total. The number of carbonyl (C=O) groups excluding carboxylic acids is 1. The molecule has 0 aliphatic heterocycles. The second kappa shape index (κ2) is 10.4. The first-order chi connectivity index (χ1) is 12.2. The van der Waals surface area contributed by atoms with Crippen molar-refractivity contribution in [2.75, 3.05) is 39.2 Å². The summed E-state index contributed by atoms with van der Waals surface area (Å²) in [6.07, 6.45) is -3.04. The van der Waals surface area contributed by atoms with Crippen molar-refractivity contribution in [3.05, 3.63) is 23.8 Å². The van der Waals surface area contributed by atoms with E-state index in [1.807, 2.05) is 11.8 Å². The molecule has 0 spiro atoms. The van der Waals surface area contributed by atoms with Crippen molar-refractivity contribution in [1.29, 1.82) is 0 Å². The summed E-state index contributed by atoms with van der Waals surface area (Å²) in [4.78, 5) is 14.3. The highest BCUT2D eigenvalue weighted by molar-refractivity contribution is 5.96. The SMILES string of the molecule is CCCOc1ccc(C(F)(F)F)cc1NC(=O)C(C)N(C)CCCOC. The summed E-state index contributed by atoms with van der Waals surface area (Å²) in [5.74, 6) is -0.173. The van der Waals surface area contributed by atoms with Gasteiger partial charge in [-0.15, -0.1) is 0 Å². The predicted molar refractivity (Wildman–Crippen MR) is 94.4 cm³/mol. The van der Waals surface area contributed by atoms with Gasteiger partial charge in [0.15, 0.2) is 0 Å². The molecule has 0 aliphatic carbocycles. The number of benzene rings is 1. The number of nitrogens with zero attached hydrogens (tertiary/aromatic N) is 1. The van der Waals surface area contributed by atoms with Gasteiger partial charge in [-0.25, -0.2) is 0 Å². The lowest BCUT2D eigenvalue weighted by Crippen LogP contribution is -2.40. The van der Waals surface area contributed by atoms with E-state index >= 15 is 0 Å². The van der Waals surface area contributed by atoms with Gasteiger partial charge in [0.05, 0.1) is 23.9 Å². The van der Waals surface area contributed by atoms with E-state index < -0.39 is 23.7 Å². The third kappa shape index (κ3) is 6.84. The maximum atomic E-state index is 13.0. The molecule has 1 rings (SSSR count). The molecule has 1 amide bonds. The Morgan fingerprint density at radius 3 is 2.58 bits per heavy atom. The van der Waals surface area contributed by atoms with Crippen LogP contribution in [0, 0.1) is 0 Å². The topological polar surface area (TPSA) is 50.8 Å². The Bertz CT molecular complexity index is 579. The minimum Gasteiger partial charge on any atom is -0.491 e. The Labute approximate surface area is 152 Å². The number of ether oxygens (including phenoxy) is 2. The van der Waals surface area contributed by atoms with Crippen LogP contribution in [-0.4, -0.2) is 50.8 Å². The number of methoxy groups -OCH3 is 1. The van der Waals surface area contributed by atoms with Crippen LogP contribution in [0.3, 0.4) is 0 Å². The molecule has 0 fully saturated rings. The number of likely N-dealkylation sites (N-methyl/N-ethyl adjacent to an activating group) is 1. The fourth-order valence-electron chi connectivity index (χ4n) is 2.23. The van der Waals surface area contributed by atoms with E-state index in [1.54, 1.807) is 21.1 Å². The summed E-state index contributed by atoms with van der Waals surface area (Å²) < 4.78 is 49.4. The number of anilines is 1. The Morgan fingerprint density at radius 1 is 1.31 bits per heavy atom. The molecule has 1 atom stereocenters. The Morgan fingerprint density at radius 2 is 2.00 bits per heavy atom. The van der Waals surface area contributed by atoms with E-state index in [4.69, 9.17) is 9.47 Å². The van der Waals surface area contributed by atoms with Crippen LogP contribution in [0.25, 0.3) is 0 Å². The van der Waals surface area contributed by atoms with Gasteiger partial charge in [-0.2, -0.15) is 13.2 Å². The second-order valence-corrected chi connectivity index (χ2v) is 6.05. The van der Waals surface area contributed by atoms with Crippen LogP contribution in [0.1, 0.15) is 32.3 Å². The molecular formula is C18H27F3N2O3. The fraction of sp³-hybridized carbons (Fsp3) is 0.611. The summed E-state index contributed by atoms with van der Waals surface area (Å²) in [6, 6.07) is 2.57. The van der Waals surface area contributed by atoms with Gasteiger partial charge < -0.3 is 14.8 Å². The van der Waals surface area contributed by atoms with Crippen molar-refractivity contribution in [1.82, 2.24) is 4.90 Å². The van der Waals surface area contributed by atoms with Gasteiger partial charge in [0.25, 0.3) is 0 Å². The number of carbonyl (C=O) groups is 1. The zero-order chi connectivity index (χ0) is 19.7. The fourth-order valence-corrected chi connectivity index (χ4v) is 2.23. The van der Waals surface area contributed by atoms with Crippen molar-refractivity contribution >= 4 is 11.6 Å². The largest absolute Gasteiger partial charge is 0.491 e. The quantitative estimate of drug-likeness (QED) is 0.632. The third-order valence-electron chi connectivity index (χ3n) is 3.93. The van der Waals surface area contributed by atoms with E-state index in [-0.39, 0.29) is 11.4 Å². The van der Waals surface area contributed by atoms with Gasteiger partial charge in [0.1, 0.15) is 5.75 Å². The lowest BCUT2D eigenvalue weighted by atomic mass is 10.1. The van der Waals surface area contributed by atoms with E-state index in [0.717, 1.165) is 18.6 Å². The van der Waals surface area contributed by atoms with Crippen molar-refractivity contribution in [2.24, 2.45) is 0 Å². The van der Waals surface area contributed by atoms with E-state index in [2.05, 4.69) is 5.32 Å². The average Bonchev–Trinajstić information content (AvgIpc) is 2.59. The molecule has 8 heteroatoms. The second-order valence-electron chi connectivity index (χ2n) is 6.05. The number of rotatable bonds is 10. The van der Waals surface area contributed by atoms with Gasteiger partial charge in [0.2, 0.25) is 5.91 Å². The first-order valence-electron chi connectivity index (χ1n) is 8.54. The molecule has 0 heterocycles. The first kappa shape index (κ1) is 22.2. The molecule has 0 saturated carbocycles. The van der Waals surface area contributed by atoms with Crippen LogP contribution >= 0.6 is 0 Å². The van der Waals surface area contributed by atoms with E-state index in [9.17, 15) is 18.0 Å². The summed E-state index contributed by atoms with van der Waals surface area (Å²) >= 11 is 0. The Balaban J connectivity index is 2.91. The minimum atomic E-state index is -4.49. The van der Waals surface area contributed by atoms with Gasteiger partial charge in [-0.1, -0.05) is 6.92 Å². The lowest BCUT2D eigenvalue weighted by molar-refractivity contribution is -0.137. The molecule has 0 saturated heterocycles. The van der Waals surface area contributed by atoms with Gasteiger partial charge in [-0.3, -0.25) is 9.69 Å². The molecular weight excluding hydrogens is 349 g/mol. The molecule has 0 aliphatic rings. The van der Waals surface area contributed by atoms with Gasteiger partial charge in [0, 0.05) is 20.3 Å². The molecule has 1 aromatic rings. The highest BCUT2D eigenvalue weighted by atomic mass is 19.4. The van der Waals surface area contributed by atoms with Crippen molar-refractivity contribution in [3.63, 3.8) is 0 Å². The normalized spacial score (nSPS) is 12.9. The van der Waals surface area contributed by atoms with Crippen LogP contribution < -0.4 is 10.1 Å². The molecule has 148 valence electrons. The van der Waals surface area contributed by atoms with Crippen LogP contribution in [0.5, 0.6) is 5.75 Å². The van der Waals surface area contributed by atoms with Crippen molar-refractivity contribution in [3.8, 4) is 5.75 Å². The molecule has 1 N–H and O–H groups in total. The zero-order valence-corrected chi connectivity index (χ0v) is 15.7. The van der Waals surface area contributed by atoms with Gasteiger partial charge >= 0.3 is 6.18 Å². The monoisotopic (exact) mass is 376 g/mol. The smallest absolute Gasteiger partial charge is 0.416 e. The Kier molecular flexibility index (Phi) is 8.87. The summed E-state index contributed by atoms with van der Waals surface area (Å²) in [6.45, 7) is 5.13. The average molecular weight is 376 g/mol. The van der Waals surface area contributed by atoms with E-state index in [0.29, 0.717) is 26.2 Å². The number of halogens is 3. The summed E-state index contributed by atoms with van der Waals surface area (Å²) in [5.41, 5.74) is -0.812. The summed E-state index contributed by atoms with van der Waals surface area (Å²) in [7, 11) is 3.38. The number of nitrogens with one attached hydrogen (secondary N) is 1. The van der Waals surface area contributed by atoms with Crippen molar-refractivity contribution in [2.45, 2.75) is 38.9 Å². The number of alkyl halides is 3. The van der Waals surface area contributed by atoms with E-state index in [1.165, 1.54) is 6.07 Å². The zero-order valence-electron chi connectivity index (χ0n) is 15.7. The maximum Gasteiger partial charge on any atom is 0.416 e. The molecule has 1 unspecified atom stereocenters. The predicted octanol–water partition coefficient (Wildman–Crippen LogP) is 3.79. The maximum absolute atomic E-state index is 13.0. The molecule has 0 bridgehead atoms. The number of hydrogen-bond acceptors (Lipinski definition) is 4. The lowest BCUT2D eigenvalue weighted by Gasteiger charge is -2.24. The minimum absolute atomic E-state index is 0.0235. The molecule has 1 aromatic carbocycles. The van der Waals surface area contributed by atoms with Crippen LogP contribution in [0.15, 0.2) is 18.2 Å². The highest BCUT2D eigenvalue weighted by Gasteiger charge is 2.31. The summed E-state index contributed by atoms with van der Waals surface area (Å²) in [5, 5.41) is 2.57. The standard InChI is InChI=1S/C18H27F3N2O3/c1-5-10-26-16-8-7-14(18(19,20)21)12-15(16)22-17(24)13(2)23(3)9-6-11-25-4/h7-8,12-13H,5-6,9-11H2,1-4H3,(H,22,24). The van der Waals surface area contributed by atoms with Crippen LogP contribution in [0.2, 0.25) is 0 Å².